The number of nitrogens with one attached hydrogen (secondary N) is 1. The molecule has 0 aliphatic carbocycles. The number of hydrogen-bond donors (Lipinski definition) is 1. The minimum Gasteiger partial charge on any atom is -0.497 e. The first kappa shape index (κ1) is 23.9. The van der Waals surface area contributed by atoms with Crippen molar-refractivity contribution in [2.45, 2.75) is 26.4 Å². The molecule has 3 rings (SSSR count). The zero-order valence-electron chi connectivity index (χ0n) is 19.6. The van der Waals surface area contributed by atoms with Gasteiger partial charge >= 0.3 is 0 Å². The van der Waals surface area contributed by atoms with Gasteiger partial charge in [0.25, 0.3) is 0 Å². The second kappa shape index (κ2) is 11.7. The van der Waals surface area contributed by atoms with Gasteiger partial charge in [-0.05, 0) is 49.7 Å². The highest BCUT2D eigenvalue weighted by atomic mass is 16.5. The Labute approximate surface area is 191 Å². The van der Waals surface area contributed by atoms with Crippen molar-refractivity contribution >= 4 is 5.91 Å². The lowest BCUT2D eigenvalue weighted by molar-refractivity contribution is -0.123. The number of nitrogens with zero attached hydrogens (tertiary/aromatic N) is 2. The number of carbonyl (C=O) groups excluding carboxylic acids is 1. The minimum absolute atomic E-state index is 0.0161. The molecular weight excluding hydrogens is 406 g/mol. The summed E-state index contributed by atoms with van der Waals surface area (Å²) in [5.41, 5.74) is 2.18. The van der Waals surface area contributed by atoms with Gasteiger partial charge in [0, 0.05) is 38.3 Å². The van der Waals surface area contributed by atoms with Crippen LogP contribution < -0.4 is 19.5 Å². The van der Waals surface area contributed by atoms with Crippen LogP contribution in [-0.2, 0) is 11.3 Å². The van der Waals surface area contributed by atoms with Gasteiger partial charge < -0.3 is 19.5 Å². The van der Waals surface area contributed by atoms with E-state index in [1.54, 1.807) is 14.2 Å². The number of ether oxygens (including phenoxy) is 3. The molecule has 1 heterocycles. The van der Waals surface area contributed by atoms with Crippen molar-refractivity contribution in [1.82, 2.24) is 15.1 Å². The Kier molecular flexibility index (Phi) is 8.76. The van der Waals surface area contributed by atoms with Crippen LogP contribution in [0.3, 0.4) is 0 Å². The molecule has 1 unspecified atom stereocenters. The van der Waals surface area contributed by atoms with Crippen molar-refractivity contribution < 1.29 is 19.0 Å². The standard InChI is InChI=1S/C25H35N3O4/c1-5-32-21-8-6-20(7-9-21)17-27-12-14-28(15-13-27)18-25(29)26-19(2)23-16-22(30-3)10-11-24(23)31-4/h6-11,16,19H,5,12-15,17-18H2,1-4H3,(H,26,29). The topological polar surface area (TPSA) is 63.3 Å². The third kappa shape index (κ3) is 6.61. The van der Waals surface area contributed by atoms with E-state index in [0.29, 0.717) is 13.2 Å². The molecule has 1 aliphatic heterocycles. The molecule has 2 aromatic rings. The summed E-state index contributed by atoms with van der Waals surface area (Å²) in [6, 6.07) is 13.7. The molecule has 0 spiro atoms. The number of benzene rings is 2. The van der Waals surface area contributed by atoms with Crippen molar-refractivity contribution in [3.05, 3.63) is 53.6 Å². The van der Waals surface area contributed by atoms with E-state index in [2.05, 4.69) is 27.2 Å². The molecule has 1 fully saturated rings. The predicted octanol–water partition coefficient (Wildman–Crippen LogP) is 3.10. The van der Waals surface area contributed by atoms with E-state index in [1.807, 2.05) is 44.2 Å². The van der Waals surface area contributed by atoms with E-state index in [-0.39, 0.29) is 11.9 Å². The number of amides is 1. The predicted molar refractivity (Wildman–Crippen MR) is 125 cm³/mol. The third-order valence-electron chi connectivity index (χ3n) is 5.75. The second-order valence-electron chi connectivity index (χ2n) is 8.03. The Morgan fingerprint density at radius 3 is 2.25 bits per heavy atom. The normalized spacial score (nSPS) is 15.8. The lowest BCUT2D eigenvalue weighted by atomic mass is 10.1. The molecule has 7 nitrogen and oxygen atoms in total. The summed E-state index contributed by atoms with van der Waals surface area (Å²) < 4.78 is 16.3. The fraction of sp³-hybridized carbons (Fsp3) is 0.480. The van der Waals surface area contributed by atoms with Crippen molar-refractivity contribution in [3.8, 4) is 17.2 Å². The zero-order chi connectivity index (χ0) is 22.9. The van der Waals surface area contributed by atoms with Gasteiger partial charge in [0.2, 0.25) is 5.91 Å². The molecule has 0 radical (unpaired) electrons. The average Bonchev–Trinajstić information content (AvgIpc) is 2.81. The molecule has 1 aliphatic rings. The molecule has 32 heavy (non-hydrogen) atoms. The lowest BCUT2D eigenvalue weighted by Crippen LogP contribution is -2.49. The summed E-state index contributed by atoms with van der Waals surface area (Å²) in [6.45, 7) is 9.59. The Morgan fingerprint density at radius 2 is 1.62 bits per heavy atom. The number of rotatable bonds is 10. The fourth-order valence-corrected chi connectivity index (χ4v) is 3.97. The number of piperazine rings is 1. The van der Waals surface area contributed by atoms with E-state index in [0.717, 1.165) is 55.5 Å². The average molecular weight is 442 g/mol. The van der Waals surface area contributed by atoms with Crippen LogP contribution >= 0.6 is 0 Å². The SMILES string of the molecule is CCOc1ccc(CN2CCN(CC(=O)NC(C)c3cc(OC)ccc3OC)CC2)cc1. The van der Waals surface area contributed by atoms with Crippen LogP contribution in [0.5, 0.6) is 17.2 Å². The Bertz CT molecular complexity index is 864. The van der Waals surface area contributed by atoms with Crippen LogP contribution in [0.25, 0.3) is 0 Å². The van der Waals surface area contributed by atoms with Crippen molar-refractivity contribution in [1.29, 1.82) is 0 Å². The van der Waals surface area contributed by atoms with Gasteiger partial charge in [0.05, 0.1) is 33.4 Å². The van der Waals surface area contributed by atoms with Gasteiger partial charge in [0.15, 0.2) is 0 Å². The summed E-state index contributed by atoms with van der Waals surface area (Å²) >= 11 is 0. The summed E-state index contributed by atoms with van der Waals surface area (Å²) in [5.74, 6) is 2.40. The molecule has 1 N–H and O–H groups in total. The van der Waals surface area contributed by atoms with Gasteiger partial charge in [-0.3, -0.25) is 14.6 Å². The number of carbonyl (C=O) groups is 1. The highest BCUT2D eigenvalue weighted by Gasteiger charge is 2.21. The fourth-order valence-electron chi connectivity index (χ4n) is 3.97. The van der Waals surface area contributed by atoms with Crippen LogP contribution in [0.15, 0.2) is 42.5 Å². The molecule has 0 aromatic heterocycles. The highest BCUT2D eigenvalue weighted by molar-refractivity contribution is 5.78. The molecule has 7 heteroatoms. The monoisotopic (exact) mass is 441 g/mol. The first-order valence-electron chi connectivity index (χ1n) is 11.2. The van der Waals surface area contributed by atoms with Crippen LogP contribution in [0.4, 0.5) is 0 Å². The van der Waals surface area contributed by atoms with E-state index < -0.39 is 0 Å². The lowest BCUT2D eigenvalue weighted by Gasteiger charge is -2.34. The minimum atomic E-state index is -0.173. The van der Waals surface area contributed by atoms with Gasteiger partial charge in [-0.15, -0.1) is 0 Å². The maximum Gasteiger partial charge on any atom is 0.234 e. The summed E-state index contributed by atoms with van der Waals surface area (Å²) in [7, 11) is 3.26. The molecule has 0 bridgehead atoms. The molecule has 0 saturated carbocycles. The summed E-state index contributed by atoms with van der Waals surface area (Å²) in [5, 5.41) is 3.09. The largest absolute Gasteiger partial charge is 0.497 e. The Morgan fingerprint density at radius 1 is 0.969 bits per heavy atom. The van der Waals surface area contributed by atoms with E-state index in [1.165, 1.54) is 5.56 Å². The van der Waals surface area contributed by atoms with Gasteiger partial charge in [-0.1, -0.05) is 12.1 Å². The number of methoxy groups -OCH3 is 2. The second-order valence-corrected chi connectivity index (χ2v) is 8.03. The van der Waals surface area contributed by atoms with Gasteiger partial charge in [-0.2, -0.15) is 0 Å². The smallest absolute Gasteiger partial charge is 0.234 e. The van der Waals surface area contributed by atoms with Crippen LogP contribution in [0.1, 0.15) is 31.0 Å². The Hall–Kier alpha value is -2.77. The molecule has 2 aromatic carbocycles. The first-order valence-corrected chi connectivity index (χ1v) is 11.2. The van der Waals surface area contributed by atoms with E-state index >= 15 is 0 Å². The molecule has 1 amide bonds. The van der Waals surface area contributed by atoms with Crippen molar-refractivity contribution in [2.24, 2.45) is 0 Å². The van der Waals surface area contributed by atoms with E-state index in [9.17, 15) is 4.79 Å². The molecule has 1 atom stereocenters. The molecular formula is C25H35N3O4. The van der Waals surface area contributed by atoms with Crippen LogP contribution in [0, 0.1) is 0 Å². The first-order chi connectivity index (χ1) is 15.5. The summed E-state index contributed by atoms with van der Waals surface area (Å²) in [6.07, 6.45) is 0. The van der Waals surface area contributed by atoms with Crippen LogP contribution in [-0.4, -0.2) is 69.3 Å². The maximum atomic E-state index is 12.7. The quantitative estimate of drug-likeness (QED) is 0.611. The maximum absolute atomic E-state index is 12.7. The summed E-state index contributed by atoms with van der Waals surface area (Å²) in [4.78, 5) is 17.3. The van der Waals surface area contributed by atoms with Crippen molar-refractivity contribution in [3.63, 3.8) is 0 Å². The Balaban J connectivity index is 1.45. The van der Waals surface area contributed by atoms with E-state index in [4.69, 9.17) is 14.2 Å². The van der Waals surface area contributed by atoms with Crippen molar-refractivity contribution in [2.75, 3.05) is 53.6 Å². The van der Waals surface area contributed by atoms with Gasteiger partial charge in [0.1, 0.15) is 17.2 Å². The van der Waals surface area contributed by atoms with Gasteiger partial charge in [-0.25, -0.2) is 0 Å². The molecule has 174 valence electrons. The highest BCUT2D eigenvalue weighted by Crippen LogP contribution is 2.29. The third-order valence-corrected chi connectivity index (χ3v) is 5.75. The zero-order valence-corrected chi connectivity index (χ0v) is 19.6. The molecule has 1 saturated heterocycles. The van der Waals surface area contributed by atoms with Crippen LogP contribution in [0.2, 0.25) is 0 Å². The number of hydrogen-bond acceptors (Lipinski definition) is 6.